The molecule has 216 valence electrons. The van der Waals surface area contributed by atoms with Gasteiger partial charge in [-0.2, -0.15) is 0 Å². The highest BCUT2D eigenvalue weighted by atomic mass is 16.4. The lowest BCUT2D eigenvalue weighted by atomic mass is 10.0. The molecular formula is C24H35N5O10. The monoisotopic (exact) mass is 553 g/mol. The highest BCUT2D eigenvalue weighted by molar-refractivity contribution is 5.95. The summed E-state index contributed by atoms with van der Waals surface area (Å²) in [6.45, 7) is 0.312. The number of rotatable bonds is 18. The van der Waals surface area contributed by atoms with Crippen LogP contribution in [0.25, 0.3) is 0 Å². The first-order valence-electron chi connectivity index (χ1n) is 12.1. The number of benzene rings is 1. The molecule has 1 aromatic rings. The van der Waals surface area contributed by atoms with E-state index in [0.717, 1.165) is 0 Å². The number of phenols is 1. The second-order valence-electron chi connectivity index (χ2n) is 8.81. The first kappa shape index (κ1) is 32.8. The van der Waals surface area contributed by atoms with Gasteiger partial charge in [0.2, 0.25) is 17.7 Å². The molecule has 39 heavy (non-hydrogen) atoms. The van der Waals surface area contributed by atoms with Crippen LogP contribution in [0.15, 0.2) is 24.3 Å². The van der Waals surface area contributed by atoms with Gasteiger partial charge in [-0.3, -0.25) is 24.0 Å². The van der Waals surface area contributed by atoms with Crippen molar-refractivity contribution in [3.05, 3.63) is 29.8 Å². The fourth-order valence-corrected chi connectivity index (χ4v) is 3.47. The molecule has 0 heterocycles. The van der Waals surface area contributed by atoms with E-state index >= 15 is 0 Å². The van der Waals surface area contributed by atoms with Crippen LogP contribution in [0, 0.1) is 0 Å². The zero-order chi connectivity index (χ0) is 29.5. The fraction of sp³-hybridized carbons (Fsp3) is 0.500. The Morgan fingerprint density at radius 1 is 0.744 bits per heavy atom. The smallest absolute Gasteiger partial charge is 0.326 e. The van der Waals surface area contributed by atoms with Gasteiger partial charge in [0.25, 0.3) is 0 Å². The first-order valence-corrected chi connectivity index (χ1v) is 12.1. The molecule has 0 bridgehead atoms. The Balaban J connectivity index is 2.98. The summed E-state index contributed by atoms with van der Waals surface area (Å²) in [6, 6.07) is 0.0676. The number of unbranched alkanes of at least 4 members (excludes halogenated alkanes) is 1. The summed E-state index contributed by atoms with van der Waals surface area (Å²) >= 11 is 0. The molecule has 15 nitrogen and oxygen atoms in total. The maximum Gasteiger partial charge on any atom is 0.326 e. The lowest BCUT2D eigenvalue weighted by Crippen LogP contribution is -2.57. The van der Waals surface area contributed by atoms with E-state index in [2.05, 4.69) is 16.0 Å². The van der Waals surface area contributed by atoms with Crippen LogP contribution in [-0.2, 0) is 35.2 Å². The standard InChI is InChI=1S/C24H35N5O10/c25-10-2-1-3-17(24(38)39)28-22(36)16(8-9-19(31)32)27-23(37)18(12-20(33)34)29-21(35)15(26)11-13-4-6-14(30)7-5-13/h4-7,15-18,30H,1-3,8-12,25-26H2,(H,27,37)(H,28,36)(H,29,35)(H,31,32)(H,33,34)(H,38,39). The third kappa shape index (κ3) is 12.7. The maximum absolute atomic E-state index is 12.9. The van der Waals surface area contributed by atoms with Crippen molar-refractivity contribution in [2.45, 2.75) is 69.1 Å². The van der Waals surface area contributed by atoms with Gasteiger partial charge < -0.3 is 47.8 Å². The minimum atomic E-state index is -1.68. The topological polar surface area (TPSA) is 271 Å². The largest absolute Gasteiger partial charge is 0.508 e. The number of carboxylic acids is 3. The van der Waals surface area contributed by atoms with E-state index in [0.29, 0.717) is 24.9 Å². The number of nitrogens with two attached hydrogens (primary N) is 2. The average Bonchev–Trinajstić information content (AvgIpc) is 2.86. The zero-order valence-corrected chi connectivity index (χ0v) is 21.2. The van der Waals surface area contributed by atoms with Crippen molar-refractivity contribution in [1.82, 2.24) is 16.0 Å². The van der Waals surface area contributed by atoms with Gasteiger partial charge in [0, 0.05) is 6.42 Å². The van der Waals surface area contributed by atoms with Crippen molar-refractivity contribution in [1.29, 1.82) is 0 Å². The van der Waals surface area contributed by atoms with E-state index in [9.17, 15) is 44.1 Å². The van der Waals surface area contributed by atoms with Crippen molar-refractivity contribution in [3.8, 4) is 5.75 Å². The number of nitrogens with one attached hydrogen (secondary N) is 3. The van der Waals surface area contributed by atoms with Gasteiger partial charge in [0.05, 0.1) is 12.5 Å². The molecule has 0 saturated heterocycles. The second kappa shape index (κ2) is 16.6. The summed E-state index contributed by atoms with van der Waals surface area (Å²) in [4.78, 5) is 72.3. The Labute approximate surface area is 223 Å². The van der Waals surface area contributed by atoms with E-state index < -0.39 is 79.1 Å². The van der Waals surface area contributed by atoms with E-state index in [4.69, 9.17) is 16.6 Å². The zero-order valence-electron chi connectivity index (χ0n) is 21.2. The number of aliphatic carboxylic acids is 3. The molecule has 11 N–H and O–H groups in total. The number of aromatic hydroxyl groups is 1. The van der Waals surface area contributed by atoms with Crippen LogP contribution >= 0.6 is 0 Å². The van der Waals surface area contributed by atoms with Gasteiger partial charge in [-0.25, -0.2) is 4.79 Å². The summed E-state index contributed by atoms with van der Waals surface area (Å²) in [5.41, 5.74) is 11.9. The molecule has 0 aliphatic carbocycles. The maximum atomic E-state index is 12.9. The molecule has 4 atom stereocenters. The molecule has 0 aromatic heterocycles. The molecule has 0 spiro atoms. The molecular weight excluding hydrogens is 518 g/mol. The van der Waals surface area contributed by atoms with Crippen molar-refractivity contribution < 1.29 is 49.2 Å². The molecule has 0 aliphatic rings. The van der Waals surface area contributed by atoms with Gasteiger partial charge in [0.1, 0.15) is 23.9 Å². The number of carboxylic acid groups (broad SMARTS) is 3. The normalized spacial score (nSPS) is 13.8. The SMILES string of the molecule is NCCCCC(NC(=O)C(CCC(=O)O)NC(=O)C(CC(=O)O)NC(=O)C(N)Cc1ccc(O)cc1)C(=O)O. The Morgan fingerprint density at radius 2 is 1.31 bits per heavy atom. The van der Waals surface area contributed by atoms with Crippen LogP contribution in [0.2, 0.25) is 0 Å². The predicted octanol–water partition coefficient (Wildman–Crippen LogP) is -1.73. The highest BCUT2D eigenvalue weighted by Gasteiger charge is 2.31. The van der Waals surface area contributed by atoms with Crippen LogP contribution in [-0.4, -0.2) is 86.8 Å². The number of hydrogen-bond donors (Lipinski definition) is 9. The van der Waals surface area contributed by atoms with Gasteiger partial charge in [0.15, 0.2) is 0 Å². The van der Waals surface area contributed by atoms with Gasteiger partial charge in [-0.1, -0.05) is 12.1 Å². The Morgan fingerprint density at radius 3 is 1.85 bits per heavy atom. The summed E-state index contributed by atoms with van der Waals surface area (Å²) < 4.78 is 0. The minimum Gasteiger partial charge on any atom is -0.508 e. The summed E-state index contributed by atoms with van der Waals surface area (Å²) in [7, 11) is 0. The Kier molecular flexibility index (Phi) is 13.9. The predicted molar refractivity (Wildman–Crippen MR) is 135 cm³/mol. The van der Waals surface area contributed by atoms with Crippen molar-refractivity contribution >= 4 is 35.6 Å². The van der Waals surface area contributed by atoms with Gasteiger partial charge in [-0.15, -0.1) is 0 Å². The van der Waals surface area contributed by atoms with Crippen molar-refractivity contribution in [2.75, 3.05) is 6.54 Å². The second-order valence-corrected chi connectivity index (χ2v) is 8.81. The third-order valence-electron chi connectivity index (χ3n) is 5.58. The van der Waals surface area contributed by atoms with Gasteiger partial charge in [-0.05, 0) is 56.3 Å². The van der Waals surface area contributed by atoms with E-state index in [1.54, 1.807) is 0 Å². The molecule has 4 unspecified atom stereocenters. The Bertz CT molecular complexity index is 1020. The summed E-state index contributed by atoms with van der Waals surface area (Å²) in [5, 5.41) is 43.7. The average molecular weight is 554 g/mol. The van der Waals surface area contributed by atoms with E-state index in [1.165, 1.54) is 24.3 Å². The van der Waals surface area contributed by atoms with E-state index in [-0.39, 0.29) is 18.6 Å². The van der Waals surface area contributed by atoms with Crippen LogP contribution < -0.4 is 27.4 Å². The molecule has 0 fully saturated rings. The highest BCUT2D eigenvalue weighted by Crippen LogP contribution is 2.11. The molecule has 1 rings (SSSR count). The number of amides is 3. The van der Waals surface area contributed by atoms with Crippen LogP contribution in [0.3, 0.4) is 0 Å². The molecule has 0 radical (unpaired) electrons. The molecule has 15 heteroatoms. The van der Waals surface area contributed by atoms with Gasteiger partial charge >= 0.3 is 17.9 Å². The van der Waals surface area contributed by atoms with Crippen molar-refractivity contribution in [2.24, 2.45) is 11.5 Å². The number of hydrogen-bond acceptors (Lipinski definition) is 9. The molecule has 1 aromatic carbocycles. The fourth-order valence-electron chi connectivity index (χ4n) is 3.47. The van der Waals surface area contributed by atoms with Crippen LogP contribution in [0.5, 0.6) is 5.75 Å². The lowest BCUT2D eigenvalue weighted by molar-refractivity contribution is -0.143. The molecule has 0 aliphatic heterocycles. The first-order chi connectivity index (χ1) is 18.3. The van der Waals surface area contributed by atoms with Crippen molar-refractivity contribution in [3.63, 3.8) is 0 Å². The van der Waals surface area contributed by atoms with E-state index in [1.807, 2.05) is 0 Å². The Hall–Kier alpha value is -4.24. The summed E-state index contributed by atoms with van der Waals surface area (Å²) in [6.07, 6.45) is -0.964. The number of phenolic OH excluding ortho intramolecular Hbond substituents is 1. The third-order valence-corrected chi connectivity index (χ3v) is 5.58. The molecule has 3 amide bonds. The molecule has 0 saturated carbocycles. The van der Waals surface area contributed by atoms with Crippen LogP contribution in [0.1, 0.15) is 44.1 Å². The number of carbonyl (C=O) groups is 6. The minimum absolute atomic E-state index is 0.00157. The summed E-state index contributed by atoms with van der Waals surface area (Å²) in [5.74, 6) is -7.07. The number of carbonyl (C=O) groups excluding carboxylic acids is 3. The lowest BCUT2D eigenvalue weighted by Gasteiger charge is -2.24. The van der Waals surface area contributed by atoms with Crippen LogP contribution in [0.4, 0.5) is 0 Å². The quantitative estimate of drug-likeness (QED) is 0.0917.